The number of aryl methyl sites for hydroxylation is 1. The van der Waals surface area contributed by atoms with Crippen LogP contribution in [0.25, 0.3) is 53.8 Å². The van der Waals surface area contributed by atoms with Crippen molar-refractivity contribution in [3.8, 4) is 33.6 Å². The van der Waals surface area contributed by atoms with Crippen LogP contribution in [0.5, 0.6) is 0 Å². The van der Waals surface area contributed by atoms with Crippen LogP contribution in [0.1, 0.15) is 36.8 Å². The molecular weight excluding hydrogens is 809 g/mol. The van der Waals surface area contributed by atoms with Crippen LogP contribution in [0.3, 0.4) is 0 Å². The maximum absolute atomic E-state index is 4.78. The molecule has 1 fully saturated rings. The fourth-order valence-electron chi connectivity index (χ4n) is 6.88. The molecular formula is C44H42IrN2SSi-2. The van der Waals surface area contributed by atoms with Crippen LogP contribution >= 0.6 is 11.3 Å². The van der Waals surface area contributed by atoms with E-state index in [-0.39, 0.29) is 20.1 Å². The summed E-state index contributed by atoms with van der Waals surface area (Å²) in [5.41, 5.74) is 9.51. The summed E-state index contributed by atoms with van der Waals surface area (Å²) >= 11 is 1.82. The molecule has 3 aromatic heterocycles. The quantitative estimate of drug-likeness (QED) is 0.123. The van der Waals surface area contributed by atoms with E-state index < -0.39 is 8.07 Å². The van der Waals surface area contributed by atoms with E-state index in [1.807, 2.05) is 35.7 Å². The average molecular weight is 851 g/mol. The Balaban J connectivity index is 0.000000167. The Labute approximate surface area is 310 Å². The molecule has 1 radical (unpaired) electrons. The number of hydrogen-bond donors (Lipinski definition) is 0. The number of pyridine rings is 2. The molecule has 5 heteroatoms. The summed E-state index contributed by atoms with van der Waals surface area (Å²) in [6.45, 7) is 9.40. The number of benzene rings is 4. The smallest absolute Gasteiger partial charge is 0.0798 e. The van der Waals surface area contributed by atoms with E-state index >= 15 is 0 Å². The van der Waals surface area contributed by atoms with E-state index in [1.54, 1.807) is 10.8 Å². The molecule has 0 unspecified atom stereocenters. The summed E-state index contributed by atoms with van der Waals surface area (Å²) in [6, 6.07) is 43.0. The first kappa shape index (κ1) is 35.1. The topological polar surface area (TPSA) is 25.8 Å². The van der Waals surface area contributed by atoms with Crippen molar-refractivity contribution in [3.63, 3.8) is 0 Å². The van der Waals surface area contributed by atoms with Gasteiger partial charge in [-0.3, -0.25) is 0 Å². The Kier molecular flexibility index (Phi) is 11.1. The van der Waals surface area contributed by atoms with Gasteiger partial charge in [-0.1, -0.05) is 124 Å². The first-order chi connectivity index (χ1) is 23.3. The number of hydrogen-bond acceptors (Lipinski definition) is 3. The van der Waals surface area contributed by atoms with Crippen LogP contribution in [-0.4, -0.2) is 18.0 Å². The van der Waals surface area contributed by atoms with Crippen molar-refractivity contribution in [2.45, 2.75) is 58.7 Å². The summed E-state index contributed by atoms with van der Waals surface area (Å²) in [6.07, 6.45) is 10.9. The van der Waals surface area contributed by atoms with Gasteiger partial charge in [0.15, 0.2) is 0 Å². The van der Waals surface area contributed by atoms with Crippen molar-refractivity contribution in [1.82, 2.24) is 9.97 Å². The second-order valence-corrected chi connectivity index (χ2v) is 20.3. The molecule has 1 aliphatic carbocycles. The zero-order chi connectivity index (χ0) is 33.1. The molecule has 0 amide bonds. The third-order valence-electron chi connectivity index (χ3n) is 9.48. The maximum Gasteiger partial charge on any atom is 0.0798 e. The van der Waals surface area contributed by atoms with Crippen LogP contribution in [0.4, 0.5) is 0 Å². The Morgan fingerprint density at radius 3 is 2.20 bits per heavy atom. The van der Waals surface area contributed by atoms with Gasteiger partial charge in [-0.15, -0.1) is 59.2 Å². The third kappa shape index (κ3) is 8.19. The van der Waals surface area contributed by atoms with Gasteiger partial charge in [-0.2, -0.15) is 11.3 Å². The summed E-state index contributed by atoms with van der Waals surface area (Å²) in [5, 5.41) is 4.12. The van der Waals surface area contributed by atoms with E-state index in [4.69, 9.17) is 4.98 Å². The predicted octanol–water partition coefficient (Wildman–Crippen LogP) is 11.7. The standard InChI is InChI=1S/C23H14NS.C21H28NSi.Ir/c1-2-6-16(7-3-1)17-9-11-19-20-14-18(21-8-4-5-13-24-21)10-12-22(20)25-23(19)15-17;1-16-9-11-18(12-10-16)20-14-19(13-17-7-5-6-8-17)21(15-22-20)23(2,3)4;/h1-9,11-15H;9-11,14-15,17H,5-8,13H2,1-4H3;/q2*-1;. The van der Waals surface area contributed by atoms with E-state index in [0.29, 0.717) is 0 Å². The van der Waals surface area contributed by atoms with Gasteiger partial charge < -0.3 is 9.97 Å². The van der Waals surface area contributed by atoms with Crippen LogP contribution in [0.15, 0.2) is 116 Å². The molecule has 0 spiro atoms. The van der Waals surface area contributed by atoms with Gasteiger partial charge in [0.05, 0.1) is 8.07 Å². The number of nitrogens with zero attached hydrogens (tertiary/aromatic N) is 2. The van der Waals surface area contributed by atoms with Gasteiger partial charge in [0.1, 0.15) is 0 Å². The normalized spacial score (nSPS) is 13.2. The largest absolute Gasteiger partial charge is 0.305 e. The molecule has 0 saturated heterocycles. The molecule has 49 heavy (non-hydrogen) atoms. The Bertz CT molecular complexity index is 2150. The Morgan fingerprint density at radius 2 is 1.49 bits per heavy atom. The van der Waals surface area contributed by atoms with Gasteiger partial charge in [0.2, 0.25) is 0 Å². The number of thiophene rings is 1. The molecule has 0 N–H and O–H groups in total. The first-order valence-electron chi connectivity index (χ1n) is 17.1. The van der Waals surface area contributed by atoms with Gasteiger partial charge in [-0.05, 0) is 62.3 Å². The van der Waals surface area contributed by atoms with E-state index in [0.717, 1.165) is 28.4 Å². The second kappa shape index (κ2) is 15.4. The number of rotatable bonds is 6. The molecule has 3 heterocycles. The fourth-order valence-corrected chi connectivity index (χ4v) is 9.57. The SMILES string of the molecule is Cc1c[c-]c(-c2cc(CC3CCCC3)c([Si](C)(C)C)cn2)cc1.[Ir].[c-]1cc2sc3cc(-c4ccccc4)ccc3c2cc1-c1ccccn1. The van der Waals surface area contributed by atoms with Gasteiger partial charge in [0, 0.05) is 37.2 Å². The summed E-state index contributed by atoms with van der Waals surface area (Å²) < 4.78 is 2.57. The molecule has 0 bridgehead atoms. The summed E-state index contributed by atoms with van der Waals surface area (Å²) in [4.78, 5) is 9.23. The minimum Gasteiger partial charge on any atom is -0.305 e. The zero-order valence-electron chi connectivity index (χ0n) is 28.7. The molecule has 2 nitrogen and oxygen atoms in total. The number of fused-ring (bicyclic) bond motifs is 3. The van der Waals surface area contributed by atoms with Crippen LogP contribution in [0.2, 0.25) is 19.6 Å². The monoisotopic (exact) mass is 851 g/mol. The molecule has 7 aromatic rings. The average Bonchev–Trinajstić information content (AvgIpc) is 3.76. The predicted molar refractivity (Wildman–Crippen MR) is 209 cm³/mol. The molecule has 1 saturated carbocycles. The van der Waals surface area contributed by atoms with E-state index in [9.17, 15) is 0 Å². The first-order valence-corrected chi connectivity index (χ1v) is 21.5. The Morgan fingerprint density at radius 1 is 0.714 bits per heavy atom. The van der Waals surface area contributed by atoms with Crippen LogP contribution in [-0.2, 0) is 26.5 Å². The van der Waals surface area contributed by atoms with E-state index in [2.05, 4.69) is 135 Å². The number of aromatic nitrogens is 2. The Hall–Kier alpha value is -3.73. The maximum atomic E-state index is 4.78. The van der Waals surface area contributed by atoms with Crippen molar-refractivity contribution < 1.29 is 20.1 Å². The molecule has 249 valence electrons. The van der Waals surface area contributed by atoms with Crippen LogP contribution < -0.4 is 5.19 Å². The minimum absolute atomic E-state index is 0. The molecule has 1 aliphatic rings. The van der Waals surface area contributed by atoms with Crippen molar-refractivity contribution >= 4 is 44.8 Å². The zero-order valence-corrected chi connectivity index (χ0v) is 32.9. The molecule has 4 aromatic carbocycles. The van der Waals surface area contributed by atoms with Crippen molar-refractivity contribution in [1.29, 1.82) is 0 Å². The minimum atomic E-state index is -1.36. The van der Waals surface area contributed by atoms with Crippen molar-refractivity contribution in [3.05, 3.63) is 139 Å². The molecule has 0 atom stereocenters. The molecule has 0 aliphatic heterocycles. The molecule has 8 rings (SSSR count). The second-order valence-electron chi connectivity index (χ2n) is 14.1. The summed E-state index contributed by atoms with van der Waals surface area (Å²) in [7, 11) is -1.36. The van der Waals surface area contributed by atoms with Gasteiger partial charge >= 0.3 is 0 Å². The third-order valence-corrected chi connectivity index (χ3v) is 12.7. The van der Waals surface area contributed by atoms with Crippen LogP contribution in [0, 0.1) is 25.0 Å². The van der Waals surface area contributed by atoms with Gasteiger partial charge in [-0.25, -0.2) is 0 Å². The fraction of sp³-hybridized carbons (Fsp3) is 0.227. The van der Waals surface area contributed by atoms with Crippen molar-refractivity contribution in [2.75, 3.05) is 0 Å². The summed E-state index contributed by atoms with van der Waals surface area (Å²) in [5.74, 6) is 0.877. The van der Waals surface area contributed by atoms with Crippen molar-refractivity contribution in [2.24, 2.45) is 5.92 Å². The van der Waals surface area contributed by atoms with E-state index in [1.165, 1.54) is 69.0 Å². The van der Waals surface area contributed by atoms with Gasteiger partial charge in [0.25, 0.3) is 0 Å².